The fourth-order valence-electron chi connectivity index (χ4n) is 2.56. The third-order valence-electron chi connectivity index (χ3n) is 2.98. The van der Waals surface area contributed by atoms with Gasteiger partial charge in [0.2, 0.25) is 5.91 Å². The zero-order chi connectivity index (χ0) is 10.7. The first-order valence-corrected chi connectivity index (χ1v) is 5.79. The smallest absolute Gasteiger partial charge is 0.223 e. The largest absolute Gasteiger partial charge is 0.354 e. The molecule has 1 aliphatic rings. The summed E-state index contributed by atoms with van der Waals surface area (Å²) >= 11 is 0. The lowest BCUT2D eigenvalue weighted by Gasteiger charge is -2.31. The molecule has 0 aromatic heterocycles. The van der Waals surface area contributed by atoms with Crippen LogP contribution in [0.2, 0.25) is 0 Å². The van der Waals surface area contributed by atoms with Gasteiger partial charge in [0, 0.05) is 12.0 Å². The molecule has 0 bridgehead atoms. The number of amides is 1. The van der Waals surface area contributed by atoms with Crippen molar-refractivity contribution < 1.29 is 4.79 Å². The Morgan fingerprint density at radius 2 is 1.64 bits per heavy atom. The first-order valence-electron chi connectivity index (χ1n) is 5.79. The van der Waals surface area contributed by atoms with E-state index >= 15 is 0 Å². The number of rotatable bonds is 2. The zero-order valence-electron chi connectivity index (χ0n) is 9.84. The van der Waals surface area contributed by atoms with Crippen LogP contribution < -0.4 is 5.32 Å². The number of carbonyl (C=O) groups excluding carboxylic acids is 1. The number of hydrogen-bond acceptors (Lipinski definition) is 1. The van der Waals surface area contributed by atoms with E-state index in [0.717, 1.165) is 12.8 Å². The van der Waals surface area contributed by atoms with Gasteiger partial charge in [-0.25, -0.2) is 0 Å². The summed E-state index contributed by atoms with van der Waals surface area (Å²) in [7, 11) is 0. The van der Waals surface area contributed by atoms with Gasteiger partial charge in [-0.05, 0) is 44.9 Å². The van der Waals surface area contributed by atoms with Crippen LogP contribution in [-0.2, 0) is 4.79 Å². The zero-order valence-corrected chi connectivity index (χ0v) is 9.84. The minimum Gasteiger partial charge on any atom is -0.354 e. The molecule has 2 atom stereocenters. The highest BCUT2D eigenvalue weighted by atomic mass is 16.1. The summed E-state index contributed by atoms with van der Waals surface area (Å²) in [4.78, 5) is 11.8. The first-order chi connectivity index (χ1) is 6.49. The van der Waals surface area contributed by atoms with Crippen LogP contribution in [0.3, 0.4) is 0 Å². The third-order valence-corrected chi connectivity index (χ3v) is 2.98. The van der Waals surface area contributed by atoms with E-state index in [1.807, 2.05) is 13.8 Å². The van der Waals surface area contributed by atoms with E-state index in [1.165, 1.54) is 6.42 Å². The Morgan fingerprint density at radius 3 is 2.07 bits per heavy atom. The average molecular weight is 197 g/mol. The van der Waals surface area contributed by atoms with Gasteiger partial charge in [0.25, 0.3) is 0 Å². The Hall–Kier alpha value is -0.530. The number of hydrogen-bond donors (Lipinski definition) is 1. The number of carbonyl (C=O) groups is 1. The molecule has 1 amide bonds. The second-order valence-electron chi connectivity index (χ2n) is 5.28. The third kappa shape index (κ3) is 3.32. The molecule has 0 radical (unpaired) electrons. The van der Waals surface area contributed by atoms with E-state index in [2.05, 4.69) is 19.2 Å². The van der Waals surface area contributed by atoms with Crippen molar-refractivity contribution in [3.63, 3.8) is 0 Å². The molecule has 2 nitrogen and oxygen atoms in total. The molecule has 14 heavy (non-hydrogen) atoms. The number of nitrogens with one attached hydrogen (secondary N) is 1. The van der Waals surface area contributed by atoms with Gasteiger partial charge in [-0.1, -0.05) is 13.8 Å². The molecule has 82 valence electrons. The van der Waals surface area contributed by atoms with E-state index in [4.69, 9.17) is 0 Å². The monoisotopic (exact) mass is 197 g/mol. The maximum atomic E-state index is 11.8. The van der Waals surface area contributed by atoms with Crippen LogP contribution in [0.1, 0.15) is 47.0 Å². The molecule has 0 aliphatic heterocycles. The highest BCUT2D eigenvalue weighted by Crippen LogP contribution is 2.32. The van der Waals surface area contributed by atoms with Crippen molar-refractivity contribution >= 4 is 5.91 Å². The van der Waals surface area contributed by atoms with E-state index in [9.17, 15) is 4.79 Å². The van der Waals surface area contributed by atoms with Crippen molar-refractivity contribution in [3.8, 4) is 0 Å². The molecule has 2 unspecified atom stereocenters. The van der Waals surface area contributed by atoms with E-state index < -0.39 is 0 Å². The molecule has 1 fully saturated rings. The lowest BCUT2D eigenvalue weighted by molar-refractivity contribution is -0.127. The second-order valence-corrected chi connectivity index (χ2v) is 5.28. The summed E-state index contributed by atoms with van der Waals surface area (Å²) in [5.74, 6) is 1.94. The highest BCUT2D eigenvalue weighted by Gasteiger charge is 2.28. The molecular weight excluding hydrogens is 174 g/mol. The Labute approximate surface area is 87.5 Å². The van der Waals surface area contributed by atoms with Crippen molar-refractivity contribution in [2.24, 2.45) is 17.8 Å². The van der Waals surface area contributed by atoms with Crippen molar-refractivity contribution in [1.82, 2.24) is 5.32 Å². The second kappa shape index (κ2) is 4.81. The van der Waals surface area contributed by atoms with Crippen molar-refractivity contribution in [2.45, 2.75) is 53.0 Å². The Kier molecular flexibility index (Phi) is 3.97. The van der Waals surface area contributed by atoms with Gasteiger partial charge < -0.3 is 5.32 Å². The molecule has 0 saturated heterocycles. The molecular formula is C12H23NO. The van der Waals surface area contributed by atoms with Crippen LogP contribution in [0.4, 0.5) is 0 Å². The fourth-order valence-corrected chi connectivity index (χ4v) is 2.56. The van der Waals surface area contributed by atoms with Gasteiger partial charge in [-0.15, -0.1) is 0 Å². The van der Waals surface area contributed by atoms with Gasteiger partial charge in [0.15, 0.2) is 0 Å². The molecule has 2 heteroatoms. The SMILES string of the molecule is CC1CC(C)CC(C(=O)NC(C)C)C1. The van der Waals surface area contributed by atoms with Gasteiger partial charge in [0.05, 0.1) is 0 Å². The van der Waals surface area contributed by atoms with E-state index in [0.29, 0.717) is 11.8 Å². The van der Waals surface area contributed by atoms with Crippen molar-refractivity contribution in [2.75, 3.05) is 0 Å². The minimum atomic E-state index is 0.260. The topological polar surface area (TPSA) is 29.1 Å². The molecule has 0 spiro atoms. The van der Waals surface area contributed by atoms with Gasteiger partial charge >= 0.3 is 0 Å². The Morgan fingerprint density at radius 1 is 1.14 bits per heavy atom. The highest BCUT2D eigenvalue weighted by molar-refractivity contribution is 5.78. The molecule has 1 N–H and O–H groups in total. The Bertz CT molecular complexity index is 190. The summed E-state index contributed by atoms with van der Waals surface area (Å²) in [6.45, 7) is 8.55. The molecule has 1 saturated carbocycles. The van der Waals surface area contributed by atoms with Crippen LogP contribution in [0.5, 0.6) is 0 Å². The fraction of sp³-hybridized carbons (Fsp3) is 0.917. The lowest BCUT2D eigenvalue weighted by atomic mass is 9.76. The normalized spacial score (nSPS) is 33.1. The van der Waals surface area contributed by atoms with Gasteiger partial charge in [-0.3, -0.25) is 4.79 Å². The molecule has 0 aromatic carbocycles. The van der Waals surface area contributed by atoms with Crippen LogP contribution >= 0.6 is 0 Å². The first kappa shape index (κ1) is 11.5. The summed E-state index contributed by atoms with van der Waals surface area (Å²) in [6, 6.07) is 0.273. The van der Waals surface area contributed by atoms with E-state index in [1.54, 1.807) is 0 Å². The predicted molar refractivity (Wildman–Crippen MR) is 58.9 cm³/mol. The molecule has 0 aromatic rings. The van der Waals surface area contributed by atoms with E-state index in [-0.39, 0.29) is 17.9 Å². The minimum absolute atomic E-state index is 0.260. The average Bonchev–Trinajstić information content (AvgIpc) is 2.00. The Balaban J connectivity index is 2.46. The molecule has 1 aliphatic carbocycles. The molecule has 0 heterocycles. The van der Waals surface area contributed by atoms with Crippen molar-refractivity contribution in [1.29, 1.82) is 0 Å². The summed E-state index contributed by atoms with van der Waals surface area (Å²) < 4.78 is 0. The maximum absolute atomic E-state index is 11.8. The van der Waals surface area contributed by atoms with Gasteiger partial charge in [-0.2, -0.15) is 0 Å². The summed E-state index contributed by atoms with van der Waals surface area (Å²) in [5, 5.41) is 3.01. The van der Waals surface area contributed by atoms with Crippen LogP contribution in [0, 0.1) is 17.8 Å². The van der Waals surface area contributed by atoms with Crippen molar-refractivity contribution in [3.05, 3.63) is 0 Å². The van der Waals surface area contributed by atoms with Gasteiger partial charge in [0.1, 0.15) is 0 Å². The van der Waals surface area contributed by atoms with Crippen LogP contribution in [0.15, 0.2) is 0 Å². The summed E-state index contributed by atoms with van der Waals surface area (Å²) in [5.41, 5.74) is 0. The lowest BCUT2D eigenvalue weighted by Crippen LogP contribution is -2.38. The van der Waals surface area contributed by atoms with Crippen LogP contribution in [0.25, 0.3) is 0 Å². The summed E-state index contributed by atoms with van der Waals surface area (Å²) in [6.07, 6.45) is 3.43. The van der Waals surface area contributed by atoms with Crippen LogP contribution in [-0.4, -0.2) is 11.9 Å². The molecule has 1 rings (SSSR count). The standard InChI is InChI=1S/C12H23NO/c1-8(2)13-12(14)11-6-9(3)5-10(4)7-11/h8-11H,5-7H2,1-4H3,(H,13,14). The maximum Gasteiger partial charge on any atom is 0.223 e. The predicted octanol–water partition coefficient (Wildman–Crippen LogP) is 2.58. The quantitative estimate of drug-likeness (QED) is 0.724.